The molecule has 1 aromatic carbocycles. The molecule has 1 amide bonds. The number of aromatic nitrogens is 1. The summed E-state index contributed by atoms with van der Waals surface area (Å²) in [5.74, 6) is 0.531. The molecular weight excluding hydrogens is 353 g/mol. The van der Waals surface area contributed by atoms with E-state index in [0.29, 0.717) is 17.3 Å². The maximum absolute atomic E-state index is 12.1. The number of amides is 1. The van der Waals surface area contributed by atoms with Gasteiger partial charge in [0.2, 0.25) is 0 Å². The van der Waals surface area contributed by atoms with Crippen molar-refractivity contribution < 1.29 is 4.79 Å². The van der Waals surface area contributed by atoms with E-state index in [1.807, 2.05) is 18.2 Å². The van der Waals surface area contributed by atoms with Gasteiger partial charge in [-0.2, -0.15) is 0 Å². The van der Waals surface area contributed by atoms with E-state index in [2.05, 4.69) is 22.4 Å². The van der Waals surface area contributed by atoms with Crippen LogP contribution < -0.4 is 11.1 Å². The molecule has 3 rings (SSSR count). The highest BCUT2D eigenvalue weighted by atomic mass is 35.5. The molecule has 0 bridgehead atoms. The standard InChI is InChI=1S/C16H19N3OS.2ClH/c17-13(12-6-7-12)9-19-16(20)14-10-18-15(21-14)8-11-4-2-1-3-5-11;;/h1-5,10,12-13H,6-9,17H2,(H,19,20);2*1H. The van der Waals surface area contributed by atoms with E-state index in [4.69, 9.17) is 5.73 Å². The molecule has 0 saturated heterocycles. The molecule has 0 aliphatic heterocycles. The Kier molecular flexibility index (Phi) is 7.99. The third-order valence-corrected chi connectivity index (χ3v) is 4.70. The van der Waals surface area contributed by atoms with Crippen molar-refractivity contribution in [1.82, 2.24) is 10.3 Å². The number of hydrogen-bond donors (Lipinski definition) is 2. The molecule has 126 valence electrons. The zero-order chi connectivity index (χ0) is 14.7. The maximum atomic E-state index is 12.1. The average Bonchev–Trinajstić information content (AvgIpc) is 3.26. The quantitative estimate of drug-likeness (QED) is 0.817. The van der Waals surface area contributed by atoms with Crippen molar-refractivity contribution in [3.63, 3.8) is 0 Å². The number of thiazole rings is 1. The SMILES string of the molecule is Cl.Cl.NC(CNC(=O)c1cnc(Cc2ccccc2)s1)C1CC1. The van der Waals surface area contributed by atoms with Crippen LogP contribution in [-0.4, -0.2) is 23.5 Å². The number of halogens is 2. The van der Waals surface area contributed by atoms with Crippen molar-refractivity contribution >= 4 is 42.1 Å². The van der Waals surface area contributed by atoms with E-state index in [0.717, 1.165) is 11.4 Å². The van der Waals surface area contributed by atoms with E-state index >= 15 is 0 Å². The molecule has 23 heavy (non-hydrogen) atoms. The van der Waals surface area contributed by atoms with Gasteiger partial charge in [0.15, 0.2) is 0 Å². The summed E-state index contributed by atoms with van der Waals surface area (Å²) < 4.78 is 0. The van der Waals surface area contributed by atoms with Crippen LogP contribution in [0.3, 0.4) is 0 Å². The largest absolute Gasteiger partial charge is 0.350 e. The Labute approximate surface area is 152 Å². The second-order valence-electron chi connectivity index (χ2n) is 5.49. The molecule has 1 fully saturated rings. The lowest BCUT2D eigenvalue weighted by Gasteiger charge is -2.10. The van der Waals surface area contributed by atoms with E-state index in [-0.39, 0.29) is 36.8 Å². The number of hydrogen-bond acceptors (Lipinski definition) is 4. The van der Waals surface area contributed by atoms with Crippen LogP contribution in [-0.2, 0) is 6.42 Å². The highest BCUT2D eigenvalue weighted by Crippen LogP contribution is 2.31. The molecule has 4 nitrogen and oxygen atoms in total. The fraction of sp³-hybridized carbons (Fsp3) is 0.375. The summed E-state index contributed by atoms with van der Waals surface area (Å²) >= 11 is 1.45. The van der Waals surface area contributed by atoms with Gasteiger partial charge >= 0.3 is 0 Å². The summed E-state index contributed by atoms with van der Waals surface area (Å²) in [6, 6.07) is 10.2. The lowest BCUT2D eigenvalue weighted by molar-refractivity contribution is 0.0954. The van der Waals surface area contributed by atoms with E-state index in [1.54, 1.807) is 6.20 Å². The number of nitrogens with zero attached hydrogens (tertiary/aromatic N) is 1. The Bertz CT molecular complexity index is 617. The molecule has 1 aliphatic rings. The topological polar surface area (TPSA) is 68.0 Å². The van der Waals surface area contributed by atoms with Crippen LogP contribution in [0.25, 0.3) is 0 Å². The van der Waals surface area contributed by atoms with Gasteiger partial charge in [-0.05, 0) is 24.3 Å². The van der Waals surface area contributed by atoms with Crippen LogP contribution in [0.1, 0.15) is 33.1 Å². The van der Waals surface area contributed by atoms with Gasteiger partial charge in [-0.3, -0.25) is 4.79 Å². The minimum absolute atomic E-state index is 0. The zero-order valence-electron chi connectivity index (χ0n) is 12.6. The van der Waals surface area contributed by atoms with E-state index in [1.165, 1.54) is 29.7 Å². The second kappa shape index (κ2) is 9.23. The van der Waals surface area contributed by atoms with Gasteiger partial charge in [0, 0.05) is 19.0 Å². The summed E-state index contributed by atoms with van der Waals surface area (Å²) in [6.45, 7) is 0.551. The molecule has 3 N–H and O–H groups in total. The molecule has 7 heteroatoms. The molecule has 1 atom stereocenters. The fourth-order valence-corrected chi connectivity index (χ4v) is 3.12. The van der Waals surface area contributed by atoms with Crippen LogP contribution in [0.4, 0.5) is 0 Å². The summed E-state index contributed by atoms with van der Waals surface area (Å²) in [5.41, 5.74) is 7.19. The monoisotopic (exact) mass is 373 g/mol. The van der Waals surface area contributed by atoms with Crippen molar-refractivity contribution in [2.75, 3.05) is 6.54 Å². The smallest absolute Gasteiger partial charge is 0.263 e. The lowest BCUT2D eigenvalue weighted by Crippen LogP contribution is -2.38. The fourth-order valence-electron chi connectivity index (χ4n) is 2.26. The highest BCUT2D eigenvalue weighted by Gasteiger charge is 2.28. The average molecular weight is 374 g/mol. The Morgan fingerprint density at radius 1 is 1.30 bits per heavy atom. The second-order valence-corrected chi connectivity index (χ2v) is 6.61. The van der Waals surface area contributed by atoms with Crippen LogP contribution >= 0.6 is 36.2 Å². The summed E-state index contributed by atoms with van der Waals surface area (Å²) in [7, 11) is 0. The molecule has 1 saturated carbocycles. The molecule has 1 aromatic heterocycles. The Hall–Kier alpha value is -1.14. The number of carbonyl (C=O) groups is 1. The first kappa shape index (κ1) is 19.9. The van der Waals surface area contributed by atoms with Crippen molar-refractivity contribution in [1.29, 1.82) is 0 Å². The van der Waals surface area contributed by atoms with Crippen LogP contribution in [0.15, 0.2) is 36.5 Å². The van der Waals surface area contributed by atoms with Crippen molar-refractivity contribution in [3.05, 3.63) is 52.0 Å². The van der Waals surface area contributed by atoms with Crippen LogP contribution in [0.2, 0.25) is 0 Å². The van der Waals surface area contributed by atoms with Gasteiger partial charge in [-0.15, -0.1) is 36.2 Å². The molecular formula is C16H21Cl2N3OS. The third-order valence-electron chi connectivity index (χ3n) is 3.70. The first-order valence-corrected chi connectivity index (χ1v) is 8.06. The third kappa shape index (κ3) is 5.77. The maximum Gasteiger partial charge on any atom is 0.263 e. The Morgan fingerprint density at radius 2 is 2.00 bits per heavy atom. The molecule has 1 heterocycles. The summed E-state index contributed by atoms with van der Waals surface area (Å²) in [5, 5.41) is 3.86. The minimum atomic E-state index is -0.0667. The van der Waals surface area contributed by atoms with Crippen molar-refractivity contribution in [2.45, 2.75) is 25.3 Å². The normalized spacial score (nSPS) is 14.3. The van der Waals surface area contributed by atoms with Gasteiger partial charge in [0.1, 0.15) is 4.88 Å². The van der Waals surface area contributed by atoms with Gasteiger partial charge < -0.3 is 11.1 Å². The number of carbonyl (C=O) groups excluding carboxylic acids is 1. The van der Waals surface area contributed by atoms with Crippen LogP contribution in [0, 0.1) is 5.92 Å². The van der Waals surface area contributed by atoms with Gasteiger partial charge in [-0.1, -0.05) is 30.3 Å². The predicted molar refractivity (Wildman–Crippen MR) is 98.9 cm³/mol. The Balaban J connectivity index is 0.00000132. The first-order chi connectivity index (χ1) is 10.2. The number of rotatable bonds is 6. The number of nitrogens with two attached hydrogens (primary N) is 1. The molecule has 0 spiro atoms. The molecule has 2 aromatic rings. The lowest BCUT2D eigenvalue weighted by atomic mass is 10.2. The van der Waals surface area contributed by atoms with Crippen molar-refractivity contribution in [3.8, 4) is 0 Å². The molecule has 0 radical (unpaired) electrons. The van der Waals surface area contributed by atoms with Crippen LogP contribution in [0.5, 0.6) is 0 Å². The van der Waals surface area contributed by atoms with Gasteiger partial charge in [-0.25, -0.2) is 4.98 Å². The zero-order valence-corrected chi connectivity index (χ0v) is 15.1. The van der Waals surface area contributed by atoms with E-state index < -0.39 is 0 Å². The summed E-state index contributed by atoms with van der Waals surface area (Å²) in [4.78, 5) is 17.1. The molecule has 1 unspecified atom stereocenters. The predicted octanol–water partition coefficient (Wildman–Crippen LogP) is 3.04. The molecule has 1 aliphatic carbocycles. The van der Waals surface area contributed by atoms with Crippen molar-refractivity contribution in [2.24, 2.45) is 11.7 Å². The summed E-state index contributed by atoms with van der Waals surface area (Å²) in [6.07, 6.45) is 4.80. The number of nitrogens with one attached hydrogen (secondary N) is 1. The van der Waals surface area contributed by atoms with Gasteiger partial charge in [0.25, 0.3) is 5.91 Å². The minimum Gasteiger partial charge on any atom is -0.350 e. The Morgan fingerprint density at radius 3 is 2.65 bits per heavy atom. The number of benzene rings is 1. The van der Waals surface area contributed by atoms with E-state index in [9.17, 15) is 4.79 Å². The highest BCUT2D eigenvalue weighted by molar-refractivity contribution is 7.13. The van der Waals surface area contributed by atoms with Gasteiger partial charge in [0.05, 0.1) is 11.2 Å². The first-order valence-electron chi connectivity index (χ1n) is 7.25.